The van der Waals surface area contributed by atoms with Crippen LogP contribution in [0, 0.1) is 5.92 Å². The summed E-state index contributed by atoms with van der Waals surface area (Å²) < 4.78 is 14.0. The van der Waals surface area contributed by atoms with E-state index in [9.17, 15) is 19.1 Å². The number of carbonyl (C=O) groups excluding carboxylic acids is 1. The molecular formula is C20H25FN4O3. The number of hydrogen-bond acceptors (Lipinski definition) is 3. The number of halogens is 1. The Morgan fingerprint density at radius 3 is 2.68 bits per heavy atom. The van der Waals surface area contributed by atoms with E-state index >= 15 is 0 Å². The van der Waals surface area contributed by atoms with Crippen molar-refractivity contribution in [3.8, 4) is 11.1 Å². The van der Waals surface area contributed by atoms with E-state index in [0.29, 0.717) is 17.8 Å². The van der Waals surface area contributed by atoms with Gasteiger partial charge in [0.05, 0.1) is 30.2 Å². The molecular weight excluding hydrogens is 363 g/mol. The minimum Gasteiger partial charge on any atom is -0.465 e. The third-order valence-electron chi connectivity index (χ3n) is 4.78. The molecule has 0 bridgehead atoms. The maximum Gasteiger partial charge on any atom is 0.411 e. The van der Waals surface area contributed by atoms with E-state index < -0.39 is 12.8 Å². The highest BCUT2D eigenvalue weighted by Crippen LogP contribution is 2.39. The molecule has 150 valence electrons. The molecule has 1 N–H and O–H groups in total. The lowest BCUT2D eigenvalue weighted by Gasteiger charge is -2.40. The highest BCUT2D eigenvalue weighted by molar-refractivity contribution is 6.03. The summed E-state index contributed by atoms with van der Waals surface area (Å²) in [5.74, 6) is 0.193. The Morgan fingerprint density at radius 2 is 2.04 bits per heavy atom. The third kappa shape index (κ3) is 3.85. The zero-order chi connectivity index (χ0) is 20.4. The second-order valence-corrected chi connectivity index (χ2v) is 7.49. The summed E-state index contributed by atoms with van der Waals surface area (Å²) in [7, 11) is 0. The molecule has 1 aliphatic rings. The Morgan fingerprint density at radius 1 is 1.29 bits per heavy atom. The summed E-state index contributed by atoms with van der Waals surface area (Å²) in [6.45, 7) is 5.68. The van der Waals surface area contributed by atoms with Crippen molar-refractivity contribution in [2.75, 3.05) is 23.0 Å². The van der Waals surface area contributed by atoms with E-state index in [0.717, 1.165) is 11.1 Å². The Labute approximate surface area is 163 Å². The molecule has 0 saturated heterocycles. The Balaban J connectivity index is 2.03. The summed E-state index contributed by atoms with van der Waals surface area (Å²) in [5, 5.41) is 13.8. The van der Waals surface area contributed by atoms with Crippen LogP contribution < -0.4 is 9.80 Å². The Kier molecular flexibility index (Phi) is 5.67. The molecule has 1 aromatic carbocycles. The molecule has 2 amide bonds. The third-order valence-corrected chi connectivity index (χ3v) is 4.78. The fourth-order valence-corrected chi connectivity index (χ4v) is 3.53. The van der Waals surface area contributed by atoms with Gasteiger partial charge in [0, 0.05) is 24.7 Å². The number of carboxylic acid groups (broad SMARTS) is 1. The molecule has 3 rings (SSSR count). The van der Waals surface area contributed by atoms with E-state index in [2.05, 4.69) is 5.10 Å². The number of carbonyl (C=O) groups is 2. The Hall–Kier alpha value is -2.90. The Bertz CT molecular complexity index is 880. The number of benzene rings is 1. The first kappa shape index (κ1) is 19.9. The van der Waals surface area contributed by atoms with Gasteiger partial charge in [-0.1, -0.05) is 19.9 Å². The maximum atomic E-state index is 12.8. The van der Waals surface area contributed by atoms with Crippen molar-refractivity contribution < 1.29 is 19.1 Å². The van der Waals surface area contributed by atoms with Gasteiger partial charge in [-0.3, -0.25) is 14.4 Å². The van der Waals surface area contributed by atoms with E-state index in [-0.39, 0.29) is 31.0 Å². The lowest BCUT2D eigenvalue weighted by Crippen LogP contribution is -2.51. The van der Waals surface area contributed by atoms with E-state index in [4.69, 9.17) is 0 Å². The van der Waals surface area contributed by atoms with Gasteiger partial charge in [0.25, 0.3) is 0 Å². The molecule has 2 heterocycles. The van der Waals surface area contributed by atoms with Crippen LogP contribution in [0.25, 0.3) is 11.1 Å². The summed E-state index contributed by atoms with van der Waals surface area (Å²) in [4.78, 5) is 27.6. The van der Waals surface area contributed by atoms with Crippen LogP contribution in [0.15, 0.2) is 30.6 Å². The molecule has 0 unspecified atom stereocenters. The van der Waals surface area contributed by atoms with Crippen LogP contribution in [0.2, 0.25) is 0 Å². The fraction of sp³-hybridized carbons (Fsp3) is 0.450. The number of amides is 2. The topological polar surface area (TPSA) is 78.7 Å². The average Bonchev–Trinajstić information content (AvgIpc) is 3.08. The number of hydrogen-bond donors (Lipinski definition) is 1. The van der Waals surface area contributed by atoms with Crippen molar-refractivity contribution in [2.24, 2.45) is 5.92 Å². The fourth-order valence-electron chi connectivity index (χ4n) is 3.53. The quantitative estimate of drug-likeness (QED) is 0.845. The highest BCUT2D eigenvalue weighted by Gasteiger charge is 2.35. The maximum absolute atomic E-state index is 12.8. The molecule has 1 aliphatic heterocycles. The number of anilines is 2. The van der Waals surface area contributed by atoms with Crippen LogP contribution in [-0.4, -0.2) is 46.1 Å². The first-order chi connectivity index (χ1) is 13.3. The summed E-state index contributed by atoms with van der Waals surface area (Å²) in [5.41, 5.74) is 2.59. The summed E-state index contributed by atoms with van der Waals surface area (Å²) in [6.07, 6.45) is 2.68. The van der Waals surface area contributed by atoms with Crippen LogP contribution >= 0.6 is 0 Å². The van der Waals surface area contributed by atoms with Crippen molar-refractivity contribution in [1.82, 2.24) is 9.78 Å². The van der Waals surface area contributed by atoms with E-state index in [1.54, 1.807) is 29.4 Å². The predicted octanol–water partition coefficient (Wildman–Crippen LogP) is 3.79. The predicted molar refractivity (Wildman–Crippen MR) is 105 cm³/mol. The lowest BCUT2D eigenvalue weighted by atomic mass is 10.0. The number of alkyl halides is 1. The van der Waals surface area contributed by atoms with Crippen molar-refractivity contribution in [2.45, 2.75) is 39.8 Å². The lowest BCUT2D eigenvalue weighted by molar-refractivity contribution is -0.119. The van der Waals surface area contributed by atoms with Gasteiger partial charge in [0.15, 0.2) is 0 Å². The molecule has 1 aromatic heterocycles. The minimum atomic E-state index is -1.06. The highest BCUT2D eigenvalue weighted by atomic mass is 19.1. The number of fused-ring (bicyclic) bond motifs is 1. The summed E-state index contributed by atoms with van der Waals surface area (Å²) in [6, 6.07) is 5.11. The first-order valence-electron chi connectivity index (χ1n) is 9.37. The molecule has 2 aromatic rings. The monoisotopic (exact) mass is 388 g/mol. The molecule has 0 radical (unpaired) electrons. The second kappa shape index (κ2) is 8.00. The van der Waals surface area contributed by atoms with Crippen LogP contribution in [0.5, 0.6) is 0 Å². The van der Waals surface area contributed by atoms with Crippen molar-refractivity contribution in [3.05, 3.63) is 30.6 Å². The van der Waals surface area contributed by atoms with Crippen LogP contribution in [0.1, 0.15) is 27.2 Å². The van der Waals surface area contributed by atoms with Gasteiger partial charge in [-0.2, -0.15) is 5.10 Å². The van der Waals surface area contributed by atoms with Gasteiger partial charge in [0.2, 0.25) is 5.91 Å². The van der Waals surface area contributed by atoms with Crippen molar-refractivity contribution >= 4 is 23.4 Å². The number of aryl methyl sites for hydroxylation is 1. The zero-order valence-electron chi connectivity index (χ0n) is 16.3. The number of nitrogens with zero attached hydrogens (tertiary/aromatic N) is 4. The second-order valence-electron chi connectivity index (χ2n) is 7.49. The van der Waals surface area contributed by atoms with Gasteiger partial charge < -0.3 is 10.0 Å². The van der Waals surface area contributed by atoms with E-state index in [1.807, 2.05) is 26.8 Å². The average molecular weight is 388 g/mol. The van der Waals surface area contributed by atoms with Gasteiger partial charge in [0.1, 0.15) is 6.67 Å². The summed E-state index contributed by atoms with van der Waals surface area (Å²) >= 11 is 0. The molecule has 0 fully saturated rings. The minimum absolute atomic E-state index is 0.0164. The number of rotatable bonds is 5. The van der Waals surface area contributed by atoms with Crippen LogP contribution in [-0.2, 0) is 11.3 Å². The normalized spacial score (nSPS) is 16.4. The molecule has 0 spiro atoms. The van der Waals surface area contributed by atoms with Gasteiger partial charge in [-0.05, 0) is 30.5 Å². The van der Waals surface area contributed by atoms with Crippen molar-refractivity contribution in [1.29, 1.82) is 0 Å². The molecule has 8 heteroatoms. The molecule has 28 heavy (non-hydrogen) atoms. The molecule has 7 nitrogen and oxygen atoms in total. The standard InChI is InChI=1S/C20H25FN4O3/c1-13(2)8-19(26)25-14(3)11-24(20(27)28)18-9-15(4-5-17(18)25)16-10-22-23(12-16)7-6-21/h4-5,9-10,12-14H,6-8,11H2,1-3H3,(H,27,28)/t14-/m0/s1. The smallest absolute Gasteiger partial charge is 0.411 e. The number of aromatic nitrogens is 2. The van der Waals surface area contributed by atoms with Gasteiger partial charge >= 0.3 is 6.09 Å². The SMILES string of the molecule is CC(C)CC(=O)N1c2ccc(-c3cnn(CCF)c3)cc2N(C(=O)O)C[C@@H]1C. The van der Waals surface area contributed by atoms with Crippen LogP contribution in [0.3, 0.4) is 0 Å². The van der Waals surface area contributed by atoms with Gasteiger partial charge in [-0.25, -0.2) is 9.18 Å². The molecule has 0 saturated carbocycles. The van der Waals surface area contributed by atoms with Gasteiger partial charge in [-0.15, -0.1) is 0 Å². The molecule has 1 atom stereocenters. The van der Waals surface area contributed by atoms with Crippen LogP contribution in [0.4, 0.5) is 20.6 Å². The first-order valence-corrected chi connectivity index (χ1v) is 9.37. The largest absolute Gasteiger partial charge is 0.465 e. The van der Waals surface area contributed by atoms with E-state index in [1.165, 1.54) is 9.58 Å². The zero-order valence-corrected chi connectivity index (χ0v) is 16.3. The van der Waals surface area contributed by atoms with Crippen molar-refractivity contribution in [3.63, 3.8) is 0 Å². The molecule has 0 aliphatic carbocycles.